The lowest BCUT2D eigenvalue weighted by atomic mass is 10.0. The number of sulfonamides is 1. The molecule has 3 atom stereocenters. The van der Waals surface area contributed by atoms with Crippen LogP contribution in [0.15, 0.2) is 0 Å². The Morgan fingerprint density at radius 1 is 0.969 bits per heavy atom. The molecule has 0 aromatic heterocycles. The molecule has 190 valence electrons. The van der Waals surface area contributed by atoms with Crippen LogP contribution in [0.5, 0.6) is 0 Å². The van der Waals surface area contributed by atoms with Crippen molar-refractivity contribution in [1.82, 2.24) is 10.0 Å². The van der Waals surface area contributed by atoms with Crippen molar-refractivity contribution >= 4 is 15.9 Å². The molecule has 0 bridgehead atoms. The first-order valence-corrected chi connectivity index (χ1v) is 14.5. The molecule has 0 saturated carbocycles. The number of amides is 1. The molecule has 1 rings (SSSR count). The van der Waals surface area contributed by atoms with Crippen LogP contribution in [0.1, 0.15) is 111 Å². The summed E-state index contributed by atoms with van der Waals surface area (Å²) in [5.74, 6) is -0.196. The molecule has 0 aromatic rings. The van der Waals surface area contributed by atoms with Crippen LogP contribution in [-0.2, 0) is 19.6 Å². The Morgan fingerprint density at radius 3 is 1.97 bits per heavy atom. The average Bonchev–Trinajstić information content (AvgIpc) is 3.12. The van der Waals surface area contributed by atoms with Crippen molar-refractivity contribution in [2.45, 2.75) is 129 Å². The standard InChI is InChI=1S/C24H48N2O5S/c1-4-5-6-7-8-9-10-11-12-13-14-15-18-32(29,30)26-22(19-20(2)3)23(27)25-21-16-17-31-24(21)28/h20-22,24,26,28H,4-19H2,1-3H3,(H,25,27). The second kappa shape index (κ2) is 16.8. The van der Waals surface area contributed by atoms with Crippen molar-refractivity contribution < 1.29 is 23.1 Å². The summed E-state index contributed by atoms with van der Waals surface area (Å²) in [6, 6.07) is -1.32. The normalized spacial score (nSPS) is 20.0. The van der Waals surface area contributed by atoms with Gasteiger partial charge in [-0.05, 0) is 25.2 Å². The van der Waals surface area contributed by atoms with Crippen LogP contribution in [0.25, 0.3) is 0 Å². The first-order chi connectivity index (χ1) is 15.2. The van der Waals surface area contributed by atoms with Gasteiger partial charge in [0.2, 0.25) is 15.9 Å². The highest BCUT2D eigenvalue weighted by Gasteiger charge is 2.31. The molecule has 0 aromatic carbocycles. The molecule has 8 heteroatoms. The van der Waals surface area contributed by atoms with E-state index in [1.54, 1.807) is 0 Å². The molecule has 7 nitrogen and oxygen atoms in total. The fourth-order valence-corrected chi connectivity index (χ4v) is 5.43. The summed E-state index contributed by atoms with van der Waals surface area (Å²) in [5, 5.41) is 12.5. The molecule has 0 aliphatic carbocycles. The van der Waals surface area contributed by atoms with E-state index in [-0.39, 0.29) is 11.7 Å². The van der Waals surface area contributed by atoms with Crippen molar-refractivity contribution in [3.63, 3.8) is 0 Å². The van der Waals surface area contributed by atoms with E-state index in [9.17, 15) is 18.3 Å². The molecule has 1 heterocycles. The van der Waals surface area contributed by atoms with Crippen LogP contribution in [-0.4, -0.2) is 50.2 Å². The number of unbranched alkanes of at least 4 members (excludes halogenated alkanes) is 11. The Labute approximate surface area is 196 Å². The zero-order chi connectivity index (χ0) is 23.8. The van der Waals surface area contributed by atoms with E-state index in [2.05, 4.69) is 17.0 Å². The Balaban J connectivity index is 2.24. The number of nitrogens with one attached hydrogen (secondary N) is 2. The molecule has 0 radical (unpaired) electrons. The van der Waals surface area contributed by atoms with Crippen LogP contribution in [0.4, 0.5) is 0 Å². The van der Waals surface area contributed by atoms with E-state index in [1.165, 1.54) is 51.4 Å². The summed E-state index contributed by atoms with van der Waals surface area (Å²) in [5.41, 5.74) is 0. The highest BCUT2D eigenvalue weighted by atomic mass is 32.2. The highest BCUT2D eigenvalue weighted by molar-refractivity contribution is 7.89. The van der Waals surface area contributed by atoms with Gasteiger partial charge in [0.05, 0.1) is 18.4 Å². The quantitative estimate of drug-likeness (QED) is 0.242. The fraction of sp³-hybridized carbons (Fsp3) is 0.958. The van der Waals surface area contributed by atoms with Crippen LogP contribution < -0.4 is 10.0 Å². The molecule has 1 aliphatic heterocycles. The van der Waals surface area contributed by atoms with Crippen molar-refractivity contribution in [3.8, 4) is 0 Å². The summed E-state index contributed by atoms with van der Waals surface area (Å²) < 4.78 is 32.7. The minimum atomic E-state index is -3.54. The Kier molecular flexibility index (Phi) is 15.4. The van der Waals surface area contributed by atoms with Crippen molar-refractivity contribution in [3.05, 3.63) is 0 Å². The number of aliphatic hydroxyl groups excluding tert-OH is 1. The van der Waals surface area contributed by atoms with Gasteiger partial charge < -0.3 is 15.2 Å². The maximum Gasteiger partial charge on any atom is 0.238 e. The van der Waals surface area contributed by atoms with Gasteiger partial charge in [0.15, 0.2) is 6.29 Å². The first kappa shape index (κ1) is 29.3. The molecular weight excluding hydrogens is 428 g/mol. The Bertz CT molecular complexity index is 597. The molecule has 1 saturated heterocycles. The minimum Gasteiger partial charge on any atom is -0.366 e. The Hall–Kier alpha value is -0.700. The molecule has 1 fully saturated rings. The van der Waals surface area contributed by atoms with Gasteiger partial charge in [-0.3, -0.25) is 4.79 Å². The topological polar surface area (TPSA) is 105 Å². The maximum atomic E-state index is 12.6. The smallest absolute Gasteiger partial charge is 0.238 e. The molecule has 1 amide bonds. The zero-order valence-corrected chi connectivity index (χ0v) is 21.4. The monoisotopic (exact) mass is 476 g/mol. The van der Waals surface area contributed by atoms with E-state index in [0.29, 0.717) is 25.9 Å². The summed E-state index contributed by atoms with van der Waals surface area (Å²) in [7, 11) is -3.54. The summed E-state index contributed by atoms with van der Waals surface area (Å²) in [6.45, 7) is 6.52. The maximum absolute atomic E-state index is 12.6. The number of hydrogen-bond donors (Lipinski definition) is 3. The number of carbonyl (C=O) groups is 1. The highest BCUT2D eigenvalue weighted by Crippen LogP contribution is 2.14. The lowest BCUT2D eigenvalue weighted by Crippen LogP contribution is -2.52. The van der Waals surface area contributed by atoms with Crippen molar-refractivity contribution in [1.29, 1.82) is 0 Å². The van der Waals surface area contributed by atoms with Gasteiger partial charge in [-0.15, -0.1) is 0 Å². The zero-order valence-electron chi connectivity index (χ0n) is 20.6. The van der Waals surface area contributed by atoms with Gasteiger partial charge in [0, 0.05) is 0 Å². The lowest BCUT2D eigenvalue weighted by Gasteiger charge is -2.23. The molecule has 3 unspecified atom stereocenters. The van der Waals surface area contributed by atoms with E-state index in [0.717, 1.165) is 19.3 Å². The number of hydrogen-bond acceptors (Lipinski definition) is 5. The number of carbonyl (C=O) groups excluding carboxylic acids is 1. The fourth-order valence-electron chi connectivity index (χ4n) is 4.09. The predicted molar refractivity (Wildman–Crippen MR) is 130 cm³/mol. The van der Waals surface area contributed by atoms with Crippen molar-refractivity contribution in [2.75, 3.05) is 12.4 Å². The van der Waals surface area contributed by atoms with Crippen LogP contribution in [0.3, 0.4) is 0 Å². The van der Waals surface area contributed by atoms with E-state index < -0.39 is 34.3 Å². The van der Waals surface area contributed by atoms with E-state index in [1.807, 2.05) is 13.8 Å². The SMILES string of the molecule is CCCCCCCCCCCCCCS(=O)(=O)NC(CC(C)C)C(=O)NC1CCOC1O. The third-order valence-corrected chi connectivity index (χ3v) is 7.47. The van der Waals surface area contributed by atoms with E-state index in [4.69, 9.17) is 4.74 Å². The summed E-state index contributed by atoms with van der Waals surface area (Å²) in [6.07, 6.45) is 14.1. The van der Waals surface area contributed by atoms with Gasteiger partial charge in [0.1, 0.15) is 6.04 Å². The minimum absolute atomic E-state index is 0.0431. The third kappa shape index (κ3) is 13.8. The molecular formula is C24H48N2O5S. The molecule has 3 N–H and O–H groups in total. The van der Waals surface area contributed by atoms with Gasteiger partial charge in [-0.25, -0.2) is 13.1 Å². The lowest BCUT2D eigenvalue weighted by molar-refractivity contribution is -0.127. The number of rotatable bonds is 19. The largest absolute Gasteiger partial charge is 0.366 e. The van der Waals surface area contributed by atoms with E-state index >= 15 is 0 Å². The van der Waals surface area contributed by atoms with Gasteiger partial charge in [-0.1, -0.05) is 91.4 Å². The van der Waals surface area contributed by atoms with Crippen molar-refractivity contribution in [2.24, 2.45) is 5.92 Å². The van der Waals surface area contributed by atoms with Crippen LogP contribution >= 0.6 is 0 Å². The first-order valence-electron chi connectivity index (χ1n) is 12.8. The third-order valence-electron chi connectivity index (χ3n) is 6.00. The second-order valence-corrected chi connectivity index (χ2v) is 11.5. The predicted octanol–water partition coefficient (Wildman–Crippen LogP) is 4.25. The summed E-state index contributed by atoms with van der Waals surface area (Å²) >= 11 is 0. The van der Waals surface area contributed by atoms with Crippen LogP contribution in [0, 0.1) is 5.92 Å². The second-order valence-electron chi connectivity index (χ2n) is 9.67. The molecule has 32 heavy (non-hydrogen) atoms. The van der Waals surface area contributed by atoms with Crippen LogP contribution in [0.2, 0.25) is 0 Å². The Morgan fingerprint density at radius 2 is 1.50 bits per heavy atom. The summed E-state index contributed by atoms with van der Waals surface area (Å²) in [4.78, 5) is 12.6. The molecule has 0 spiro atoms. The number of aliphatic hydroxyl groups is 1. The van der Waals surface area contributed by atoms with Gasteiger partial charge in [-0.2, -0.15) is 0 Å². The van der Waals surface area contributed by atoms with Gasteiger partial charge in [0.25, 0.3) is 0 Å². The average molecular weight is 477 g/mol. The molecule has 1 aliphatic rings. The van der Waals surface area contributed by atoms with Gasteiger partial charge >= 0.3 is 0 Å². The number of ether oxygens (including phenoxy) is 1.